The first-order chi connectivity index (χ1) is 10.6. The van der Waals surface area contributed by atoms with E-state index in [1.54, 1.807) is 6.20 Å². The number of H-pyrrole nitrogens is 1. The lowest BCUT2D eigenvalue weighted by Gasteiger charge is -2.25. The van der Waals surface area contributed by atoms with Gasteiger partial charge in [-0.25, -0.2) is 4.79 Å². The first-order valence-corrected chi connectivity index (χ1v) is 7.43. The number of aromatic nitrogens is 2. The summed E-state index contributed by atoms with van der Waals surface area (Å²) in [7, 11) is 0. The van der Waals surface area contributed by atoms with Gasteiger partial charge in [-0.3, -0.25) is 5.10 Å². The number of aromatic amines is 1. The molecule has 1 aromatic carbocycles. The number of nitrogens with zero attached hydrogens (tertiary/aromatic N) is 1. The molecule has 0 aliphatic rings. The quantitative estimate of drug-likeness (QED) is 0.661. The molecule has 6 heteroatoms. The van der Waals surface area contributed by atoms with E-state index < -0.39 is 5.60 Å². The topological polar surface area (TPSA) is 90.0 Å². The Morgan fingerprint density at radius 1 is 1.23 bits per heavy atom. The van der Waals surface area contributed by atoms with Crippen LogP contribution in [0.2, 0.25) is 0 Å². The molecule has 0 bridgehead atoms. The maximum atomic E-state index is 11.9. The Hall–Kier alpha value is -2.34. The Labute approximate surface area is 129 Å². The molecule has 0 fully saturated rings. The molecule has 0 aliphatic carbocycles. The number of hydrogen-bond donors (Lipinski definition) is 4. The molecule has 2 amide bonds. The lowest BCUT2D eigenvalue weighted by molar-refractivity contribution is 0.0354. The smallest absolute Gasteiger partial charge is 0.319 e. The maximum absolute atomic E-state index is 11.9. The lowest BCUT2D eigenvalue weighted by atomic mass is 9.98. The highest BCUT2D eigenvalue weighted by Gasteiger charge is 2.22. The third-order valence-corrected chi connectivity index (χ3v) is 3.85. The van der Waals surface area contributed by atoms with E-state index in [4.69, 9.17) is 0 Å². The van der Waals surface area contributed by atoms with Gasteiger partial charge in [0.2, 0.25) is 0 Å². The van der Waals surface area contributed by atoms with Crippen molar-refractivity contribution in [3.63, 3.8) is 0 Å². The van der Waals surface area contributed by atoms with E-state index in [0.717, 1.165) is 11.3 Å². The molecule has 4 N–H and O–H groups in total. The molecule has 2 aromatic rings. The highest BCUT2D eigenvalue weighted by molar-refractivity contribution is 5.89. The summed E-state index contributed by atoms with van der Waals surface area (Å²) in [4.78, 5) is 11.9. The summed E-state index contributed by atoms with van der Waals surface area (Å²) in [6.07, 6.45) is 2.89. The van der Waals surface area contributed by atoms with E-state index >= 15 is 0 Å². The minimum atomic E-state index is -0.845. The average Bonchev–Trinajstić information content (AvgIpc) is 3.08. The molecule has 6 nitrogen and oxygen atoms in total. The van der Waals surface area contributed by atoms with Crippen molar-refractivity contribution in [2.45, 2.75) is 32.3 Å². The monoisotopic (exact) mass is 302 g/mol. The van der Waals surface area contributed by atoms with E-state index in [-0.39, 0.29) is 12.6 Å². The fourth-order valence-electron chi connectivity index (χ4n) is 2.07. The van der Waals surface area contributed by atoms with Crippen molar-refractivity contribution in [3.05, 3.63) is 36.5 Å². The van der Waals surface area contributed by atoms with Crippen LogP contribution in [0.4, 0.5) is 10.5 Å². The Morgan fingerprint density at radius 2 is 1.91 bits per heavy atom. The molecule has 0 spiro atoms. The van der Waals surface area contributed by atoms with Crippen molar-refractivity contribution in [2.75, 3.05) is 11.9 Å². The Balaban J connectivity index is 1.89. The van der Waals surface area contributed by atoms with Gasteiger partial charge < -0.3 is 15.7 Å². The maximum Gasteiger partial charge on any atom is 0.319 e. The van der Waals surface area contributed by atoms with Gasteiger partial charge in [-0.1, -0.05) is 26.0 Å². The average molecular weight is 302 g/mol. The van der Waals surface area contributed by atoms with Crippen LogP contribution in [0, 0.1) is 0 Å². The normalized spacial score (nSPS) is 11.2. The van der Waals surface area contributed by atoms with E-state index in [1.807, 2.05) is 44.2 Å². The van der Waals surface area contributed by atoms with Gasteiger partial charge in [0.1, 0.15) is 0 Å². The second-order valence-electron chi connectivity index (χ2n) is 5.29. The van der Waals surface area contributed by atoms with Gasteiger partial charge in [-0.2, -0.15) is 5.10 Å². The first-order valence-electron chi connectivity index (χ1n) is 7.43. The van der Waals surface area contributed by atoms with Crippen LogP contribution in [-0.4, -0.2) is 33.5 Å². The van der Waals surface area contributed by atoms with Crippen LogP contribution in [0.15, 0.2) is 36.5 Å². The number of urea groups is 1. The number of hydrogen-bond acceptors (Lipinski definition) is 3. The highest BCUT2D eigenvalue weighted by atomic mass is 16.3. The van der Waals surface area contributed by atoms with Crippen molar-refractivity contribution in [1.29, 1.82) is 0 Å². The molecule has 22 heavy (non-hydrogen) atoms. The van der Waals surface area contributed by atoms with E-state index in [2.05, 4.69) is 20.8 Å². The number of amides is 2. The van der Waals surface area contributed by atoms with Crippen LogP contribution < -0.4 is 10.6 Å². The van der Waals surface area contributed by atoms with Crippen molar-refractivity contribution in [2.24, 2.45) is 0 Å². The minimum absolute atomic E-state index is 0.234. The summed E-state index contributed by atoms with van der Waals surface area (Å²) in [5, 5.41) is 22.4. The zero-order valence-corrected chi connectivity index (χ0v) is 12.9. The molecule has 0 atom stereocenters. The molecule has 0 radical (unpaired) electrons. The molecule has 118 valence electrons. The van der Waals surface area contributed by atoms with Gasteiger partial charge in [-0.05, 0) is 36.6 Å². The van der Waals surface area contributed by atoms with Crippen molar-refractivity contribution in [3.8, 4) is 11.3 Å². The lowest BCUT2D eigenvalue weighted by Crippen LogP contribution is -2.43. The zero-order chi connectivity index (χ0) is 16.0. The van der Waals surface area contributed by atoms with Crippen LogP contribution in [0.1, 0.15) is 26.7 Å². The summed E-state index contributed by atoms with van der Waals surface area (Å²) in [5.41, 5.74) is 1.76. The van der Waals surface area contributed by atoms with Crippen LogP contribution in [0.25, 0.3) is 11.3 Å². The first kappa shape index (κ1) is 16.0. The summed E-state index contributed by atoms with van der Waals surface area (Å²) < 4.78 is 0. The van der Waals surface area contributed by atoms with Crippen molar-refractivity contribution < 1.29 is 9.90 Å². The van der Waals surface area contributed by atoms with Crippen LogP contribution in [0.3, 0.4) is 0 Å². The predicted octanol–water partition coefficient (Wildman–Crippen LogP) is 2.75. The fraction of sp³-hybridized carbons (Fsp3) is 0.375. The highest BCUT2D eigenvalue weighted by Crippen LogP contribution is 2.19. The van der Waals surface area contributed by atoms with Crippen LogP contribution >= 0.6 is 0 Å². The van der Waals surface area contributed by atoms with Crippen LogP contribution in [-0.2, 0) is 0 Å². The summed E-state index contributed by atoms with van der Waals surface area (Å²) in [5.74, 6) is 0. The largest absolute Gasteiger partial charge is 0.388 e. The fourth-order valence-corrected chi connectivity index (χ4v) is 2.07. The minimum Gasteiger partial charge on any atom is -0.388 e. The van der Waals surface area contributed by atoms with Gasteiger partial charge in [0, 0.05) is 18.4 Å². The van der Waals surface area contributed by atoms with Gasteiger partial charge >= 0.3 is 6.03 Å². The Morgan fingerprint density at radius 3 is 2.45 bits per heavy atom. The molecule has 0 saturated carbocycles. The number of rotatable bonds is 6. The number of aliphatic hydroxyl groups is 1. The number of benzene rings is 1. The molecule has 0 aliphatic heterocycles. The number of carbonyl (C=O) groups is 1. The summed E-state index contributed by atoms with van der Waals surface area (Å²) in [6, 6.07) is 9.00. The third kappa shape index (κ3) is 4.08. The SMILES string of the molecule is CCC(O)(CC)CNC(=O)Nc1ccc(-c2ccn[nH]2)cc1. The van der Waals surface area contributed by atoms with Crippen LogP contribution in [0.5, 0.6) is 0 Å². The van der Waals surface area contributed by atoms with Gasteiger partial charge in [-0.15, -0.1) is 0 Å². The number of carbonyl (C=O) groups excluding carboxylic acids is 1. The molecular weight excluding hydrogens is 280 g/mol. The molecule has 0 unspecified atom stereocenters. The number of anilines is 1. The second-order valence-corrected chi connectivity index (χ2v) is 5.29. The number of nitrogens with one attached hydrogen (secondary N) is 3. The molecule has 1 aromatic heterocycles. The molecule has 0 saturated heterocycles. The summed E-state index contributed by atoms with van der Waals surface area (Å²) >= 11 is 0. The van der Waals surface area contributed by atoms with Gasteiger partial charge in [0.25, 0.3) is 0 Å². The standard InChI is InChI=1S/C16H22N4O2/c1-3-16(22,4-2)11-17-15(21)19-13-7-5-12(6-8-13)14-9-10-18-20-14/h5-10,22H,3-4,11H2,1-2H3,(H,18,20)(H2,17,19,21). The zero-order valence-electron chi connectivity index (χ0n) is 12.9. The Bertz CT molecular complexity index is 589. The van der Waals surface area contributed by atoms with E-state index in [1.165, 1.54) is 0 Å². The van der Waals surface area contributed by atoms with Crippen molar-refractivity contribution in [1.82, 2.24) is 15.5 Å². The van der Waals surface area contributed by atoms with Crippen molar-refractivity contribution >= 4 is 11.7 Å². The Kier molecular flexibility index (Phi) is 5.16. The van der Waals surface area contributed by atoms with E-state index in [9.17, 15) is 9.90 Å². The van der Waals surface area contributed by atoms with E-state index in [0.29, 0.717) is 18.5 Å². The van der Waals surface area contributed by atoms with Gasteiger partial charge in [0.15, 0.2) is 0 Å². The molecule has 1 heterocycles. The molecule has 2 rings (SSSR count). The third-order valence-electron chi connectivity index (χ3n) is 3.85. The van der Waals surface area contributed by atoms with Gasteiger partial charge in [0.05, 0.1) is 11.3 Å². The summed E-state index contributed by atoms with van der Waals surface area (Å²) in [6.45, 7) is 4.03. The molecular formula is C16H22N4O2. The second kappa shape index (κ2) is 7.09. The predicted molar refractivity (Wildman–Crippen MR) is 86.6 cm³/mol.